The predicted molar refractivity (Wildman–Crippen MR) is 77.0 cm³/mol. The highest BCUT2D eigenvalue weighted by Gasteiger charge is 2.20. The Balaban J connectivity index is 1.78. The van der Waals surface area contributed by atoms with E-state index in [4.69, 9.17) is 9.47 Å². The quantitative estimate of drug-likeness (QED) is 0.753. The first-order valence-electron chi connectivity index (χ1n) is 6.91. The van der Waals surface area contributed by atoms with Gasteiger partial charge in [-0.3, -0.25) is 4.79 Å². The second-order valence-corrected chi connectivity index (χ2v) is 5.03. The van der Waals surface area contributed by atoms with Crippen LogP contribution in [0.2, 0.25) is 0 Å². The van der Waals surface area contributed by atoms with Crippen molar-refractivity contribution in [3.8, 4) is 11.5 Å². The summed E-state index contributed by atoms with van der Waals surface area (Å²) >= 11 is 0. The summed E-state index contributed by atoms with van der Waals surface area (Å²) in [5, 5.41) is 6.05. The first kappa shape index (κ1) is 14.7. The molecular formula is C15H22N2O3. The minimum Gasteiger partial charge on any atom is -0.497 e. The molecule has 0 aliphatic heterocycles. The van der Waals surface area contributed by atoms with Crippen molar-refractivity contribution in [3.05, 3.63) is 23.8 Å². The number of hydrogen-bond donors (Lipinski definition) is 2. The monoisotopic (exact) mass is 278 g/mol. The second-order valence-electron chi connectivity index (χ2n) is 5.03. The Kier molecular flexibility index (Phi) is 5.24. The van der Waals surface area contributed by atoms with Crippen LogP contribution in [0.15, 0.2) is 18.2 Å². The third kappa shape index (κ3) is 4.42. The Labute approximate surface area is 119 Å². The van der Waals surface area contributed by atoms with Gasteiger partial charge in [0.25, 0.3) is 0 Å². The summed E-state index contributed by atoms with van der Waals surface area (Å²) in [5.74, 6) is 2.24. The van der Waals surface area contributed by atoms with Crippen molar-refractivity contribution >= 4 is 5.91 Å². The SMILES string of the molecule is COc1ccc(CNC(=O)CNCC2CC2)c(OC)c1. The van der Waals surface area contributed by atoms with Gasteiger partial charge in [0.1, 0.15) is 11.5 Å². The summed E-state index contributed by atoms with van der Waals surface area (Å²) in [7, 11) is 3.22. The number of nitrogens with one attached hydrogen (secondary N) is 2. The predicted octanol–water partition coefficient (Wildman–Crippen LogP) is 1.32. The van der Waals surface area contributed by atoms with Crippen LogP contribution in [0.5, 0.6) is 11.5 Å². The number of rotatable bonds is 8. The van der Waals surface area contributed by atoms with Crippen LogP contribution in [-0.4, -0.2) is 33.2 Å². The molecule has 0 unspecified atom stereocenters. The normalized spacial score (nSPS) is 13.9. The van der Waals surface area contributed by atoms with E-state index >= 15 is 0 Å². The van der Waals surface area contributed by atoms with Gasteiger partial charge in [0, 0.05) is 18.2 Å². The van der Waals surface area contributed by atoms with Crippen molar-refractivity contribution in [1.29, 1.82) is 0 Å². The van der Waals surface area contributed by atoms with Gasteiger partial charge in [0.2, 0.25) is 5.91 Å². The molecule has 2 N–H and O–H groups in total. The topological polar surface area (TPSA) is 59.6 Å². The van der Waals surface area contributed by atoms with Gasteiger partial charge in [-0.2, -0.15) is 0 Å². The number of methoxy groups -OCH3 is 2. The molecule has 0 atom stereocenters. The molecule has 0 radical (unpaired) electrons. The Morgan fingerprint density at radius 3 is 2.75 bits per heavy atom. The van der Waals surface area contributed by atoms with Crippen LogP contribution < -0.4 is 20.1 Å². The zero-order valence-electron chi connectivity index (χ0n) is 12.1. The molecule has 1 aromatic rings. The second kappa shape index (κ2) is 7.14. The van der Waals surface area contributed by atoms with Crippen LogP contribution in [0.25, 0.3) is 0 Å². The van der Waals surface area contributed by atoms with Gasteiger partial charge in [-0.1, -0.05) is 0 Å². The standard InChI is InChI=1S/C15H22N2O3/c1-19-13-6-5-12(14(7-13)20-2)9-17-15(18)10-16-8-11-3-4-11/h5-7,11,16H,3-4,8-10H2,1-2H3,(H,17,18). The molecule has 0 aromatic heterocycles. The van der Waals surface area contributed by atoms with Crippen LogP contribution in [0, 0.1) is 5.92 Å². The molecule has 0 saturated heterocycles. The van der Waals surface area contributed by atoms with Gasteiger partial charge in [-0.25, -0.2) is 0 Å². The molecule has 1 aromatic carbocycles. The van der Waals surface area contributed by atoms with Crippen molar-refractivity contribution in [1.82, 2.24) is 10.6 Å². The highest BCUT2D eigenvalue weighted by Crippen LogP contribution is 2.27. The van der Waals surface area contributed by atoms with Crippen molar-refractivity contribution in [2.24, 2.45) is 5.92 Å². The number of benzene rings is 1. The molecular weight excluding hydrogens is 256 g/mol. The molecule has 1 amide bonds. The molecule has 5 heteroatoms. The lowest BCUT2D eigenvalue weighted by Crippen LogP contribution is -2.34. The van der Waals surface area contributed by atoms with Crippen LogP contribution in [0.4, 0.5) is 0 Å². The zero-order chi connectivity index (χ0) is 14.4. The van der Waals surface area contributed by atoms with Gasteiger partial charge >= 0.3 is 0 Å². The molecule has 1 fully saturated rings. The van der Waals surface area contributed by atoms with E-state index in [2.05, 4.69) is 10.6 Å². The van der Waals surface area contributed by atoms with Crippen LogP contribution in [0.1, 0.15) is 18.4 Å². The maximum absolute atomic E-state index is 11.7. The minimum atomic E-state index is 0.00326. The van der Waals surface area contributed by atoms with Crippen molar-refractivity contribution in [3.63, 3.8) is 0 Å². The Morgan fingerprint density at radius 2 is 2.10 bits per heavy atom. The van der Waals surface area contributed by atoms with Gasteiger partial charge in [0.15, 0.2) is 0 Å². The molecule has 1 aliphatic rings. The Bertz CT molecular complexity index is 458. The maximum Gasteiger partial charge on any atom is 0.234 e. The van der Waals surface area contributed by atoms with Crippen LogP contribution in [0.3, 0.4) is 0 Å². The maximum atomic E-state index is 11.7. The van der Waals surface area contributed by atoms with Crippen LogP contribution >= 0.6 is 0 Å². The van der Waals surface area contributed by atoms with Gasteiger partial charge in [-0.15, -0.1) is 0 Å². The van der Waals surface area contributed by atoms with E-state index < -0.39 is 0 Å². The fraction of sp³-hybridized carbons (Fsp3) is 0.533. The first-order chi connectivity index (χ1) is 9.72. The van der Waals surface area contributed by atoms with Gasteiger partial charge in [-0.05, 0) is 37.4 Å². The Morgan fingerprint density at radius 1 is 1.30 bits per heavy atom. The van der Waals surface area contributed by atoms with Crippen molar-refractivity contribution in [2.45, 2.75) is 19.4 Å². The molecule has 0 bridgehead atoms. The molecule has 5 nitrogen and oxygen atoms in total. The largest absolute Gasteiger partial charge is 0.497 e. The van der Waals surface area contributed by atoms with Crippen molar-refractivity contribution < 1.29 is 14.3 Å². The number of carbonyl (C=O) groups is 1. The number of ether oxygens (including phenoxy) is 2. The molecule has 20 heavy (non-hydrogen) atoms. The van der Waals surface area contributed by atoms with E-state index in [-0.39, 0.29) is 5.91 Å². The number of amides is 1. The van der Waals surface area contributed by atoms with E-state index in [0.717, 1.165) is 29.5 Å². The zero-order valence-corrected chi connectivity index (χ0v) is 12.1. The molecule has 1 aliphatic carbocycles. The highest BCUT2D eigenvalue weighted by atomic mass is 16.5. The van der Waals surface area contributed by atoms with Crippen LogP contribution in [-0.2, 0) is 11.3 Å². The first-order valence-corrected chi connectivity index (χ1v) is 6.91. The highest BCUT2D eigenvalue weighted by molar-refractivity contribution is 5.78. The third-order valence-corrected chi connectivity index (χ3v) is 3.39. The lowest BCUT2D eigenvalue weighted by molar-refractivity contribution is -0.120. The molecule has 1 saturated carbocycles. The van der Waals surface area contributed by atoms with Gasteiger partial charge in [0.05, 0.1) is 20.8 Å². The summed E-state index contributed by atoms with van der Waals surface area (Å²) < 4.78 is 10.4. The average molecular weight is 278 g/mol. The van der Waals surface area contributed by atoms with E-state index in [1.807, 2.05) is 18.2 Å². The summed E-state index contributed by atoms with van der Waals surface area (Å²) in [4.78, 5) is 11.7. The van der Waals surface area contributed by atoms with Crippen molar-refractivity contribution in [2.75, 3.05) is 27.3 Å². The molecule has 110 valence electrons. The lowest BCUT2D eigenvalue weighted by atomic mass is 10.2. The minimum absolute atomic E-state index is 0.00326. The summed E-state index contributed by atoms with van der Waals surface area (Å²) in [6.07, 6.45) is 2.58. The summed E-state index contributed by atoms with van der Waals surface area (Å²) in [5.41, 5.74) is 0.934. The third-order valence-electron chi connectivity index (χ3n) is 3.39. The molecule has 2 rings (SSSR count). The van der Waals surface area contributed by atoms with E-state index in [1.54, 1.807) is 14.2 Å². The smallest absolute Gasteiger partial charge is 0.234 e. The average Bonchev–Trinajstić information content (AvgIpc) is 3.29. The fourth-order valence-electron chi connectivity index (χ4n) is 1.97. The Hall–Kier alpha value is -1.75. The van der Waals surface area contributed by atoms with E-state index in [1.165, 1.54) is 12.8 Å². The summed E-state index contributed by atoms with van der Waals surface area (Å²) in [6.45, 7) is 1.77. The molecule has 0 heterocycles. The van der Waals surface area contributed by atoms with E-state index in [0.29, 0.717) is 13.1 Å². The fourth-order valence-corrected chi connectivity index (χ4v) is 1.97. The summed E-state index contributed by atoms with van der Waals surface area (Å²) in [6, 6.07) is 5.57. The van der Waals surface area contributed by atoms with Gasteiger partial charge < -0.3 is 20.1 Å². The molecule has 0 spiro atoms. The number of carbonyl (C=O) groups excluding carboxylic acids is 1. The number of hydrogen-bond acceptors (Lipinski definition) is 4. The lowest BCUT2D eigenvalue weighted by Gasteiger charge is -2.11. The van der Waals surface area contributed by atoms with E-state index in [9.17, 15) is 4.79 Å².